The summed E-state index contributed by atoms with van der Waals surface area (Å²) in [7, 11) is 0. The van der Waals surface area contributed by atoms with Gasteiger partial charge in [0.1, 0.15) is 0 Å². The standard InChI is InChI=1S/C57H39N3/c1-7-19-40(20-8-1)52-34-49(35-53(58-52)41-21-9-2-10-22-41)46-31-47(50-36-54(42-23-11-3-12-24-42)59-55(37-50)43-25-13-4-14-26-43)33-48(32-46)51-38-56(44-27-15-5-16-28-44)60-57(39-51)45-29-17-6-18-30-45/h1-39H. The second kappa shape index (κ2) is 16.5. The summed E-state index contributed by atoms with van der Waals surface area (Å²) in [5.74, 6) is 0. The molecular formula is C57H39N3. The van der Waals surface area contributed by atoms with Gasteiger partial charge in [0.25, 0.3) is 0 Å². The Bertz CT molecular complexity index is 2520. The van der Waals surface area contributed by atoms with Crippen molar-refractivity contribution in [2.45, 2.75) is 0 Å². The van der Waals surface area contributed by atoms with E-state index < -0.39 is 0 Å². The van der Waals surface area contributed by atoms with Crippen LogP contribution in [0.2, 0.25) is 0 Å². The minimum Gasteiger partial charge on any atom is -0.248 e. The lowest BCUT2D eigenvalue weighted by molar-refractivity contribution is 1.31. The topological polar surface area (TPSA) is 38.7 Å². The number of rotatable bonds is 9. The maximum Gasteiger partial charge on any atom is 0.0715 e. The Labute approximate surface area is 351 Å². The van der Waals surface area contributed by atoms with Gasteiger partial charge in [-0.3, -0.25) is 0 Å². The van der Waals surface area contributed by atoms with Crippen molar-refractivity contribution in [1.82, 2.24) is 15.0 Å². The highest BCUT2D eigenvalue weighted by Gasteiger charge is 2.16. The van der Waals surface area contributed by atoms with Gasteiger partial charge < -0.3 is 0 Å². The highest BCUT2D eigenvalue weighted by molar-refractivity contribution is 5.87. The van der Waals surface area contributed by atoms with E-state index in [-0.39, 0.29) is 0 Å². The molecule has 3 aromatic heterocycles. The van der Waals surface area contributed by atoms with Gasteiger partial charge in [0.2, 0.25) is 0 Å². The third-order valence-electron chi connectivity index (χ3n) is 10.8. The molecule has 0 unspecified atom stereocenters. The average Bonchev–Trinajstić information content (AvgIpc) is 3.35. The van der Waals surface area contributed by atoms with Crippen molar-refractivity contribution in [3.63, 3.8) is 0 Å². The molecule has 60 heavy (non-hydrogen) atoms. The number of nitrogens with zero attached hydrogens (tertiary/aromatic N) is 3. The van der Waals surface area contributed by atoms with Crippen LogP contribution in [0.1, 0.15) is 0 Å². The molecule has 0 saturated heterocycles. The van der Waals surface area contributed by atoms with Crippen LogP contribution in [0.15, 0.2) is 237 Å². The first-order valence-corrected chi connectivity index (χ1v) is 20.3. The monoisotopic (exact) mass is 765 g/mol. The van der Waals surface area contributed by atoms with E-state index in [2.05, 4.69) is 200 Å². The highest BCUT2D eigenvalue weighted by Crippen LogP contribution is 2.39. The maximum atomic E-state index is 5.22. The normalized spacial score (nSPS) is 11.0. The minimum atomic E-state index is 0.919. The summed E-state index contributed by atoms with van der Waals surface area (Å²) in [4.78, 5) is 15.7. The summed E-state index contributed by atoms with van der Waals surface area (Å²) < 4.78 is 0. The van der Waals surface area contributed by atoms with E-state index in [0.29, 0.717) is 0 Å². The SMILES string of the molecule is c1ccc(-c2cc(-c3cc(-c4cc(-c5ccccc5)nc(-c5ccccc5)c4)cc(-c4cc(-c5ccccc5)nc(-c5ccccc5)c4)c3)cc(-c3ccccc3)n2)cc1. The Morgan fingerprint density at radius 2 is 0.300 bits per heavy atom. The summed E-state index contributed by atoms with van der Waals surface area (Å²) in [6.45, 7) is 0. The van der Waals surface area contributed by atoms with Crippen molar-refractivity contribution >= 4 is 0 Å². The van der Waals surface area contributed by atoms with E-state index in [0.717, 1.165) is 101 Å². The van der Waals surface area contributed by atoms with Gasteiger partial charge in [-0.2, -0.15) is 0 Å². The first-order chi connectivity index (χ1) is 29.7. The lowest BCUT2D eigenvalue weighted by Gasteiger charge is -2.16. The fourth-order valence-corrected chi connectivity index (χ4v) is 7.76. The molecule has 0 aliphatic heterocycles. The van der Waals surface area contributed by atoms with Crippen LogP contribution in [0.5, 0.6) is 0 Å². The van der Waals surface area contributed by atoms with Gasteiger partial charge in [0.05, 0.1) is 34.2 Å². The second-order valence-corrected chi connectivity index (χ2v) is 14.9. The number of pyridine rings is 3. The summed E-state index contributed by atoms with van der Waals surface area (Å²) in [6, 6.07) is 82.9. The smallest absolute Gasteiger partial charge is 0.0715 e. The molecule has 0 atom stereocenters. The molecule has 0 aliphatic carbocycles. The predicted molar refractivity (Wildman–Crippen MR) is 249 cm³/mol. The minimum absolute atomic E-state index is 0.919. The van der Waals surface area contributed by atoms with Crippen molar-refractivity contribution in [2.24, 2.45) is 0 Å². The van der Waals surface area contributed by atoms with Crippen LogP contribution in [-0.4, -0.2) is 15.0 Å². The van der Waals surface area contributed by atoms with Crippen molar-refractivity contribution in [1.29, 1.82) is 0 Å². The zero-order chi connectivity index (χ0) is 40.1. The summed E-state index contributed by atoms with van der Waals surface area (Å²) in [5.41, 5.74) is 18.4. The molecule has 10 aromatic rings. The molecule has 0 aliphatic rings. The summed E-state index contributed by atoms with van der Waals surface area (Å²) in [6.07, 6.45) is 0. The quantitative estimate of drug-likeness (QED) is 0.147. The zero-order valence-electron chi connectivity index (χ0n) is 32.9. The van der Waals surface area contributed by atoms with Crippen LogP contribution >= 0.6 is 0 Å². The Hall–Kier alpha value is -8.01. The van der Waals surface area contributed by atoms with Crippen LogP contribution in [0.25, 0.3) is 101 Å². The average molecular weight is 766 g/mol. The van der Waals surface area contributed by atoms with Gasteiger partial charge in [-0.05, 0) is 88.0 Å². The Morgan fingerprint density at radius 1 is 0.150 bits per heavy atom. The predicted octanol–water partition coefficient (Wildman–Crippen LogP) is 14.9. The van der Waals surface area contributed by atoms with Crippen LogP contribution in [0.3, 0.4) is 0 Å². The Balaban J connectivity index is 1.24. The maximum absolute atomic E-state index is 5.22. The molecule has 3 nitrogen and oxygen atoms in total. The first kappa shape index (κ1) is 36.3. The molecule has 0 fully saturated rings. The molecule has 0 N–H and O–H groups in total. The van der Waals surface area contributed by atoms with Crippen molar-refractivity contribution < 1.29 is 0 Å². The lowest BCUT2D eigenvalue weighted by atomic mass is 9.91. The van der Waals surface area contributed by atoms with Gasteiger partial charge in [0.15, 0.2) is 0 Å². The Kier molecular flexibility index (Phi) is 9.97. The van der Waals surface area contributed by atoms with Gasteiger partial charge >= 0.3 is 0 Å². The highest BCUT2D eigenvalue weighted by atomic mass is 14.7. The third-order valence-corrected chi connectivity index (χ3v) is 10.8. The second-order valence-electron chi connectivity index (χ2n) is 14.9. The van der Waals surface area contributed by atoms with Gasteiger partial charge in [-0.1, -0.05) is 182 Å². The van der Waals surface area contributed by atoms with E-state index in [1.807, 2.05) is 36.4 Å². The summed E-state index contributed by atoms with van der Waals surface area (Å²) >= 11 is 0. The fraction of sp³-hybridized carbons (Fsp3) is 0. The molecule has 0 bridgehead atoms. The van der Waals surface area contributed by atoms with E-state index >= 15 is 0 Å². The lowest BCUT2D eigenvalue weighted by Crippen LogP contribution is -1.95. The number of benzene rings is 7. The molecule has 0 radical (unpaired) electrons. The number of aromatic nitrogens is 3. The Morgan fingerprint density at radius 3 is 0.467 bits per heavy atom. The molecule has 0 amide bonds. The molecular weight excluding hydrogens is 727 g/mol. The van der Waals surface area contributed by atoms with Crippen LogP contribution in [0, 0.1) is 0 Å². The number of hydrogen-bond acceptors (Lipinski definition) is 3. The molecule has 3 heterocycles. The largest absolute Gasteiger partial charge is 0.248 e. The van der Waals surface area contributed by atoms with Crippen LogP contribution in [0.4, 0.5) is 0 Å². The van der Waals surface area contributed by atoms with Crippen LogP contribution < -0.4 is 0 Å². The third kappa shape index (κ3) is 7.80. The van der Waals surface area contributed by atoms with E-state index in [4.69, 9.17) is 15.0 Å². The summed E-state index contributed by atoms with van der Waals surface area (Å²) in [5, 5.41) is 0. The molecule has 0 saturated carbocycles. The van der Waals surface area contributed by atoms with Gasteiger partial charge in [-0.15, -0.1) is 0 Å². The molecule has 7 aromatic carbocycles. The van der Waals surface area contributed by atoms with E-state index in [1.165, 1.54) is 0 Å². The van der Waals surface area contributed by atoms with Crippen molar-refractivity contribution in [2.75, 3.05) is 0 Å². The molecule has 0 spiro atoms. The van der Waals surface area contributed by atoms with E-state index in [9.17, 15) is 0 Å². The fourth-order valence-electron chi connectivity index (χ4n) is 7.76. The number of hydrogen-bond donors (Lipinski definition) is 0. The molecule has 10 rings (SSSR count). The zero-order valence-corrected chi connectivity index (χ0v) is 32.9. The molecule has 282 valence electrons. The van der Waals surface area contributed by atoms with Crippen molar-refractivity contribution in [3.05, 3.63) is 237 Å². The van der Waals surface area contributed by atoms with Crippen LogP contribution in [-0.2, 0) is 0 Å². The van der Waals surface area contributed by atoms with Gasteiger partial charge in [0, 0.05) is 33.4 Å². The van der Waals surface area contributed by atoms with Crippen molar-refractivity contribution in [3.8, 4) is 101 Å². The first-order valence-electron chi connectivity index (χ1n) is 20.3. The van der Waals surface area contributed by atoms with E-state index in [1.54, 1.807) is 0 Å². The molecule has 3 heteroatoms. The van der Waals surface area contributed by atoms with Gasteiger partial charge in [-0.25, -0.2) is 15.0 Å².